The Bertz CT molecular complexity index is 690. The van der Waals surface area contributed by atoms with Crippen molar-refractivity contribution < 1.29 is 13.2 Å². The van der Waals surface area contributed by atoms with E-state index in [4.69, 9.17) is 4.74 Å². The van der Waals surface area contributed by atoms with E-state index in [2.05, 4.69) is 36.8 Å². The molecule has 5 nitrogen and oxygen atoms in total. The van der Waals surface area contributed by atoms with Crippen LogP contribution in [0.1, 0.15) is 32.1 Å². The number of hydrogen-bond acceptors (Lipinski definition) is 4. The Labute approximate surface area is 167 Å². The minimum atomic E-state index is -3.50. The first-order valence-electron chi connectivity index (χ1n) is 8.70. The summed E-state index contributed by atoms with van der Waals surface area (Å²) < 4.78 is 34.1. The first-order chi connectivity index (χ1) is 11.9. The lowest BCUT2D eigenvalue weighted by molar-refractivity contribution is 0.111. The zero-order valence-electron chi connectivity index (χ0n) is 14.4. The molecule has 0 spiro atoms. The SMILES string of the molecule is COc1c(Br)cc(S(=O)(=O)N2CCN(C3CCCCC3)CC2)cc1Br. The maximum absolute atomic E-state index is 13.0. The van der Waals surface area contributed by atoms with Crippen LogP contribution < -0.4 is 4.74 Å². The van der Waals surface area contributed by atoms with Crippen LogP contribution in [0, 0.1) is 0 Å². The third-order valence-corrected chi connectivity index (χ3v) is 8.23. The Morgan fingerprint density at radius 3 is 2.08 bits per heavy atom. The number of ether oxygens (including phenoxy) is 1. The van der Waals surface area contributed by atoms with Crippen molar-refractivity contribution in [1.82, 2.24) is 9.21 Å². The molecule has 1 aliphatic carbocycles. The minimum absolute atomic E-state index is 0.290. The molecule has 0 amide bonds. The third kappa shape index (κ3) is 4.24. The van der Waals surface area contributed by atoms with Gasteiger partial charge >= 0.3 is 0 Å². The zero-order valence-corrected chi connectivity index (χ0v) is 18.4. The van der Waals surface area contributed by atoms with Crippen molar-refractivity contribution >= 4 is 41.9 Å². The van der Waals surface area contributed by atoms with E-state index >= 15 is 0 Å². The van der Waals surface area contributed by atoms with E-state index in [0.29, 0.717) is 33.8 Å². The molecule has 1 aromatic carbocycles. The van der Waals surface area contributed by atoms with Gasteiger partial charge in [-0.05, 0) is 56.8 Å². The van der Waals surface area contributed by atoms with Crippen molar-refractivity contribution in [2.24, 2.45) is 0 Å². The lowest BCUT2D eigenvalue weighted by atomic mass is 9.94. The van der Waals surface area contributed by atoms with Crippen molar-refractivity contribution in [3.05, 3.63) is 21.1 Å². The van der Waals surface area contributed by atoms with Gasteiger partial charge in [-0.3, -0.25) is 4.90 Å². The van der Waals surface area contributed by atoms with Gasteiger partial charge in [-0.1, -0.05) is 19.3 Å². The number of halogens is 2. The van der Waals surface area contributed by atoms with E-state index < -0.39 is 10.0 Å². The van der Waals surface area contributed by atoms with Crippen molar-refractivity contribution in [3.8, 4) is 5.75 Å². The Hall–Kier alpha value is -0.150. The second-order valence-corrected chi connectivity index (χ2v) is 10.3. The van der Waals surface area contributed by atoms with Gasteiger partial charge in [0.25, 0.3) is 0 Å². The Morgan fingerprint density at radius 1 is 1.00 bits per heavy atom. The summed E-state index contributed by atoms with van der Waals surface area (Å²) in [4.78, 5) is 2.77. The van der Waals surface area contributed by atoms with Crippen LogP contribution in [0.2, 0.25) is 0 Å². The molecule has 0 unspecified atom stereocenters. The third-order valence-electron chi connectivity index (χ3n) is 5.18. The first-order valence-corrected chi connectivity index (χ1v) is 11.7. The number of piperazine rings is 1. The van der Waals surface area contributed by atoms with Gasteiger partial charge in [-0.25, -0.2) is 8.42 Å². The summed E-state index contributed by atoms with van der Waals surface area (Å²) in [5.41, 5.74) is 0. The molecule has 1 saturated carbocycles. The fraction of sp³-hybridized carbons (Fsp3) is 0.647. The maximum atomic E-state index is 13.0. The van der Waals surface area contributed by atoms with Crippen LogP contribution in [0.3, 0.4) is 0 Å². The molecule has 140 valence electrons. The van der Waals surface area contributed by atoms with Crippen LogP contribution in [0.5, 0.6) is 5.75 Å². The average Bonchev–Trinajstić information content (AvgIpc) is 2.62. The topological polar surface area (TPSA) is 49.9 Å². The van der Waals surface area contributed by atoms with Crippen LogP contribution in [0.15, 0.2) is 26.0 Å². The molecule has 0 aromatic heterocycles. The van der Waals surface area contributed by atoms with Crippen LogP contribution in [0.4, 0.5) is 0 Å². The predicted molar refractivity (Wildman–Crippen MR) is 106 cm³/mol. The van der Waals surface area contributed by atoms with E-state index in [1.54, 1.807) is 23.5 Å². The Morgan fingerprint density at radius 2 is 1.56 bits per heavy atom. The quantitative estimate of drug-likeness (QED) is 0.636. The number of nitrogens with zero attached hydrogens (tertiary/aromatic N) is 2. The van der Waals surface area contributed by atoms with E-state index in [0.717, 1.165) is 13.1 Å². The molecular weight excluding hydrogens is 472 g/mol. The highest BCUT2D eigenvalue weighted by Gasteiger charge is 2.32. The number of methoxy groups -OCH3 is 1. The lowest BCUT2D eigenvalue weighted by Crippen LogP contribution is -2.52. The van der Waals surface area contributed by atoms with E-state index in [9.17, 15) is 8.42 Å². The van der Waals surface area contributed by atoms with E-state index in [1.807, 2.05) is 0 Å². The molecule has 1 aliphatic heterocycles. The molecule has 0 bridgehead atoms. The van der Waals surface area contributed by atoms with E-state index in [-0.39, 0.29) is 4.90 Å². The standard InChI is InChI=1S/C17H24Br2N2O3S/c1-24-17-15(18)11-14(12-16(17)19)25(22,23)21-9-7-20(8-10-21)13-5-3-2-4-6-13/h11-13H,2-10H2,1H3. The highest BCUT2D eigenvalue weighted by molar-refractivity contribution is 9.11. The number of rotatable bonds is 4. The molecule has 0 N–H and O–H groups in total. The minimum Gasteiger partial charge on any atom is -0.494 e. The molecular formula is C17H24Br2N2O3S. The fourth-order valence-corrected chi connectivity index (χ4v) is 7.07. The summed E-state index contributed by atoms with van der Waals surface area (Å²) in [7, 11) is -1.94. The zero-order chi connectivity index (χ0) is 18.0. The molecule has 2 aliphatic rings. The number of sulfonamides is 1. The highest BCUT2D eigenvalue weighted by atomic mass is 79.9. The Balaban J connectivity index is 1.71. The second kappa shape index (κ2) is 8.25. The summed E-state index contributed by atoms with van der Waals surface area (Å²) in [5, 5.41) is 0. The van der Waals surface area contributed by atoms with Gasteiger partial charge in [0.2, 0.25) is 10.0 Å². The lowest BCUT2D eigenvalue weighted by Gasteiger charge is -2.40. The maximum Gasteiger partial charge on any atom is 0.243 e. The van der Waals surface area contributed by atoms with Crippen LogP contribution in [-0.2, 0) is 10.0 Å². The normalized spacial score (nSPS) is 21.4. The van der Waals surface area contributed by atoms with Gasteiger partial charge in [0.1, 0.15) is 5.75 Å². The highest BCUT2D eigenvalue weighted by Crippen LogP contribution is 2.36. The first kappa shape index (κ1) is 19.6. The molecule has 8 heteroatoms. The largest absolute Gasteiger partial charge is 0.494 e. The smallest absolute Gasteiger partial charge is 0.243 e. The summed E-state index contributed by atoms with van der Waals surface area (Å²) in [5.74, 6) is 0.598. The molecule has 1 saturated heterocycles. The van der Waals surface area contributed by atoms with Crippen molar-refractivity contribution in [2.75, 3.05) is 33.3 Å². The monoisotopic (exact) mass is 494 g/mol. The van der Waals surface area contributed by atoms with Crippen LogP contribution >= 0.6 is 31.9 Å². The van der Waals surface area contributed by atoms with Gasteiger partial charge < -0.3 is 4.74 Å². The van der Waals surface area contributed by atoms with Gasteiger partial charge in [-0.2, -0.15) is 4.31 Å². The molecule has 0 radical (unpaired) electrons. The summed E-state index contributed by atoms with van der Waals surface area (Å²) >= 11 is 6.78. The van der Waals surface area contributed by atoms with Gasteiger partial charge in [-0.15, -0.1) is 0 Å². The molecule has 0 atom stereocenters. The molecule has 1 aromatic rings. The number of benzene rings is 1. The fourth-order valence-electron chi connectivity index (χ4n) is 3.78. The van der Waals surface area contributed by atoms with Gasteiger partial charge in [0.05, 0.1) is 21.0 Å². The van der Waals surface area contributed by atoms with Crippen LogP contribution in [0.25, 0.3) is 0 Å². The van der Waals surface area contributed by atoms with Gasteiger partial charge in [0, 0.05) is 32.2 Å². The van der Waals surface area contributed by atoms with Crippen molar-refractivity contribution in [1.29, 1.82) is 0 Å². The van der Waals surface area contributed by atoms with Gasteiger partial charge in [0.15, 0.2) is 0 Å². The predicted octanol–water partition coefficient (Wildman–Crippen LogP) is 3.86. The van der Waals surface area contributed by atoms with Crippen molar-refractivity contribution in [3.63, 3.8) is 0 Å². The molecule has 2 fully saturated rings. The molecule has 3 rings (SSSR count). The van der Waals surface area contributed by atoms with E-state index in [1.165, 1.54) is 32.1 Å². The number of hydrogen-bond donors (Lipinski definition) is 0. The van der Waals surface area contributed by atoms with Crippen LogP contribution in [-0.4, -0.2) is 57.0 Å². The molecule has 25 heavy (non-hydrogen) atoms. The summed E-state index contributed by atoms with van der Waals surface area (Å²) in [6.07, 6.45) is 6.45. The van der Waals surface area contributed by atoms with Crippen molar-refractivity contribution in [2.45, 2.75) is 43.0 Å². The second-order valence-electron chi connectivity index (χ2n) is 6.65. The summed E-state index contributed by atoms with van der Waals surface area (Å²) in [6.45, 7) is 2.75. The summed E-state index contributed by atoms with van der Waals surface area (Å²) in [6, 6.07) is 3.88. The molecule has 1 heterocycles. The average molecular weight is 496 g/mol. The Kier molecular flexibility index (Phi) is 6.47.